The zero-order chi connectivity index (χ0) is 17.9. The molecule has 1 N–H and O–H groups in total. The van der Waals surface area contributed by atoms with E-state index in [-0.39, 0.29) is 12.2 Å². The maximum Gasteiger partial charge on any atom is 0.344 e. The number of piperidine rings is 1. The third kappa shape index (κ3) is 2.50. The molecule has 1 saturated heterocycles. The van der Waals surface area contributed by atoms with Gasteiger partial charge >= 0.3 is 5.92 Å². The molecule has 0 aromatic heterocycles. The van der Waals surface area contributed by atoms with Gasteiger partial charge in [-0.15, -0.1) is 0 Å². The minimum atomic E-state index is -4.30. The predicted octanol–water partition coefficient (Wildman–Crippen LogP) is 1.89. The Labute approximate surface area is 137 Å². The topological polar surface area (TPSA) is 74.7 Å². The Morgan fingerprint density at radius 2 is 2.00 bits per heavy atom. The second kappa shape index (κ2) is 5.45. The van der Waals surface area contributed by atoms with Gasteiger partial charge < -0.3 is 10.0 Å². The largest absolute Gasteiger partial charge is 0.391 e. The van der Waals surface area contributed by atoms with Gasteiger partial charge in [0.25, 0.3) is 0 Å². The molecule has 132 valence electrons. The molecule has 2 atom stereocenters. The average Bonchev–Trinajstić information content (AvgIpc) is 2.67. The summed E-state index contributed by atoms with van der Waals surface area (Å²) >= 11 is 0. The second-order valence-corrected chi connectivity index (χ2v) is 8.18. The number of ketones is 1. The summed E-state index contributed by atoms with van der Waals surface area (Å²) in [6.45, 7) is 0.505. The Morgan fingerprint density at radius 3 is 2.58 bits per heavy atom. The molecule has 5 nitrogen and oxygen atoms in total. The van der Waals surface area contributed by atoms with E-state index in [2.05, 4.69) is 0 Å². The number of halogens is 3. The number of hydrogen-bond donors (Lipinski definition) is 1. The zero-order valence-electron chi connectivity index (χ0n) is 12.8. The highest BCUT2D eigenvalue weighted by atomic mass is 32.2. The molecule has 1 fully saturated rings. The van der Waals surface area contributed by atoms with Crippen molar-refractivity contribution >= 4 is 21.3 Å². The van der Waals surface area contributed by atoms with Gasteiger partial charge in [0.05, 0.1) is 16.6 Å². The number of benzene rings is 1. The minimum Gasteiger partial charge on any atom is -0.391 e. The number of β-amino-alcohol motifs (C(OH)–C–C–N with tert-alkyl or cyclic N) is 1. The quantitative estimate of drug-likeness (QED) is 0.869. The van der Waals surface area contributed by atoms with E-state index >= 15 is 0 Å². The molecule has 1 aliphatic carbocycles. The summed E-state index contributed by atoms with van der Waals surface area (Å²) in [5, 5.41) is 9.75. The highest BCUT2D eigenvalue weighted by Gasteiger charge is 2.59. The number of rotatable bonds is 2. The van der Waals surface area contributed by atoms with E-state index in [0.29, 0.717) is 19.4 Å². The molecule has 1 aliphatic heterocycles. The van der Waals surface area contributed by atoms with Crippen LogP contribution in [-0.4, -0.2) is 50.7 Å². The van der Waals surface area contributed by atoms with Gasteiger partial charge in [0, 0.05) is 30.6 Å². The number of alkyl halides is 3. The van der Waals surface area contributed by atoms with Crippen molar-refractivity contribution in [3.8, 4) is 0 Å². The molecule has 1 aromatic carbocycles. The molecule has 0 spiro atoms. The molecule has 2 aliphatic rings. The number of sulfone groups is 1. The number of carbonyl (C=O) groups excluding carboxylic acids is 1. The van der Waals surface area contributed by atoms with Crippen molar-refractivity contribution in [2.75, 3.05) is 24.2 Å². The van der Waals surface area contributed by atoms with Crippen LogP contribution in [0.15, 0.2) is 17.0 Å². The number of anilines is 1. The summed E-state index contributed by atoms with van der Waals surface area (Å²) in [7, 11) is -3.98. The van der Waals surface area contributed by atoms with Crippen LogP contribution in [-0.2, 0) is 9.84 Å². The lowest BCUT2D eigenvalue weighted by molar-refractivity contribution is -0.0363. The van der Waals surface area contributed by atoms with Crippen LogP contribution < -0.4 is 4.90 Å². The standard InChI is InChI=1S/C15H16F3NO4S/c1-24(22,23)10-5-4-9(19-6-2-3-8(20)7-19)11-12(10)14(21)15(17,18)13(11)16/h4-5,8,13,20H,2-3,6-7H2,1H3. The van der Waals surface area contributed by atoms with E-state index < -0.39 is 49.8 Å². The number of nitrogens with zero attached hydrogens (tertiary/aromatic N) is 1. The van der Waals surface area contributed by atoms with Crippen molar-refractivity contribution in [2.45, 2.75) is 35.9 Å². The average molecular weight is 363 g/mol. The summed E-state index contributed by atoms with van der Waals surface area (Å²) in [4.78, 5) is 12.9. The molecule has 24 heavy (non-hydrogen) atoms. The van der Waals surface area contributed by atoms with Crippen molar-refractivity contribution in [1.82, 2.24) is 0 Å². The van der Waals surface area contributed by atoms with Gasteiger partial charge in [0.1, 0.15) is 0 Å². The van der Waals surface area contributed by atoms with Gasteiger partial charge in [-0.05, 0) is 25.0 Å². The third-order valence-corrected chi connectivity index (χ3v) is 5.56. The van der Waals surface area contributed by atoms with Crippen LogP contribution in [0.4, 0.5) is 18.9 Å². The van der Waals surface area contributed by atoms with E-state index in [4.69, 9.17) is 0 Å². The number of hydrogen-bond acceptors (Lipinski definition) is 5. The van der Waals surface area contributed by atoms with Crippen LogP contribution in [0, 0.1) is 0 Å². The van der Waals surface area contributed by atoms with Gasteiger partial charge in [-0.3, -0.25) is 4.79 Å². The number of fused-ring (bicyclic) bond motifs is 1. The van der Waals surface area contributed by atoms with E-state index in [1.165, 1.54) is 11.0 Å². The van der Waals surface area contributed by atoms with Gasteiger partial charge in [-0.2, -0.15) is 8.78 Å². The van der Waals surface area contributed by atoms with Crippen molar-refractivity contribution in [2.24, 2.45) is 0 Å². The first-order valence-corrected chi connectivity index (χ1v) is 9.31. The first kappa shape index (κ1) is 17.2. The summed E-state index contributed by atoms with van der Waals surface area (Å²) in [6.07, 6.45) is -1.71. The fourth-order valence-electron chi connectivity index (χ4n) is 3.30. The number of aliphatic hydroxyl groups excluding tert-OH is 1. The van der Waals surface area contributed by atoms with E-state index in [1.807, 2.05) is 0 Å². The van der Waals surface area contributed by atoms with Gasteiger partial charge in [-0.1, -0.05) is 0 Å². The van der Waals surface area contributed by atoms with Gasteiger partial charge in [-0.25, -0.2) is 12.8 Å². The predicted molar refractivity (Wildman–Crippen MR) is 80.1 cm³/mol. The maximum atomic E-state index is 14.4. The lowest BCUT2D eigenvalue weighted by Crippen LogP contribution is -2.39. The van der Waals surface area contributed by atoms with Crippen LogP contribution in [0.5, 0.6) is 0 Å². The molecule has 3 rings (SSSR count). The summed E-state index contributed by atoms with van der Waals surface area (Å²) in [5.41, 5.74) is -1.33. The number of Topliss-reactive ketones (excluding diaryl/α,β-unsaturated/α-hetero) is 1. The summed E-state index contributed by atoms with van der Waals surface area (Å²) < 4.78 is 65.9. The van der Waals surface area contributed by atoms with Crippen LogP contribution >= 0.6 is 0 Å². The zero-order valence-corrected chi connectivity index (χ0v) is 13.6. The highest BCUT2D eigenvalue weighted by molar-refractivity contribution is 7.90. The molecule has 0 saturated carbocycles. The second-order valence-electron chi connectivity index (χ2n) is 6.20. The first-order valence-electron chi connectivity index (χ1n) is 7.41. The molecule has 9 heteroatoms. The molecule has 1 aromatic rings. The van der Waals surface area contributed by atoms with Gasteiger partial charge in [0.2, 0.25) is 5.78 Å². The Kier molecular flexibility index (Phi) is 3.91. The normalized spacial score (nSPS) is 26.5. The van der Waals surface area contributed by atoms with Crippen LogP contribution in [0.2, 0.25) is 0 Å². The fraction of sp³-hybridized carbons (Fsp3) is 0.533. The molecule has 0 amide bonds. The Morgan fingerprint density at radius 1 is 1.33 bits per heavy atom. The van der Waals surface area contributed by atoms with E-state index in [0.717, 1.165) is 12.3 Å². The molecule has 1 heterocycles. The SMILES string of the molecule is CS(=O)(=O)c1ccc(N2CCCC(O)C2)c2c1C(=O)C(F)(F)C2F. The van der Waals surface area contributed by atoms with Crippen molar-refractivity contribution in [3.63, 3.8) is 0 Å². The molecule has 2 unspecified atom stereocenters. The van der Waals surface area contributed by atoms with E-state index in [1.54, 1.807) is 0 Å². The van der Waals surface area contributed by atoms with Crippen molar-refractivity contribution in [1.29, 1.82) is 0 Å². The fourth-order valence-corrected chi connectivity index (χ4v) is 4.19. The monoisotopic (exact) mass is 363 g/mol. The lowest BCUT2D eigenvalue weighted by Gasteiger charge is -2.33. The molecule has 0 radical (unpaired) electrons. The van der Waals surface area contributed by atoms with Crippen molar-refractivity contribution < 1.29 is 31.5 Å². The van der Waals surface area contributed by atoms with Crippen molar-refractivity contribution in [3.05, 3.63) is 23.3 Å². The minimum absolute atomic E-state index is 0.0363. The smallest absolute Gasteiger partial charge is 0.344 e. The lowest BCUT2D eigenvalue weighted by atomic mass is 10.0. The van der Waals surface area contributed by atoms with Gasteiger partial charge in [0.15, 0.2) is 16.0 Å². The van der Waals surface area contributed by atoms with Crippen LogP contribution in [0.25, 0.3) is 0 Å². The Balaban J connectivity index is 2.24. The number of carbonyl (C=O) groups is 1. The van der Waals surface area contributed by atoms with Crippen LogP contribution in [0.3, 0.4) is 0 Å². The van der Waals surface area contributed by atoms with Crippen LogP contribution in [0.1, 0.15) is 34.9 Å². The molecular formula is C15H16F3NO4S. The number of aliphatic hydroxyl groups is 1. The summed E-state index contributed by atoms with van der Waals surface area (Å²) in [5.74, 6) is -6.11. The maximum absolute atomic E-state index is 14.4. The van der Waals surface area contributed by atoms with E-state index in [9.17, 15) is 31.5 Å². The molecule has 0 bridgehead atoms. The Hall–Kier alpha value is -1.61. The third-order valence-electron chi connectivity index (χ3n) is 4.42. The first-order chi connectivity index (χ1) is 11.0. The summed E-state index contributed by atoms with van der Waals surface area (Å²) in [6, 6.07) is 2.28. The highest BCUT2D eigenvalue weighted by Crippen LogP contribution is 2.51. The Bertz CT molecular complexity index is 809. The molecular weight excluding hydrogens is 347 g/mol.